The number of H-pyrrole nitrogens is 1. The molecule has 2 N–H and O–H groups in total. The van der Waals surface area contributed by atoms with Crippen molar-refractivity contribution in [3.8, 4) is 22.5 Å². The van der Waals surface area contributed by atoms with Crippen molar-refractivity contribution in [2.45, 2.75) is 0 Å². The van der Waals surface area contributed by atoms with Gasteiger partial charge in [-0.2, -0.15) is 5.21 Å². The molecule has 1 heterocycles. The lowest BCUT2D eigenvalue weighted by Gasteiger charge is -2.18. The number of benzene rings is 4. The number of nitrogens with one attached hydrogen (secondary N) is 2. The van der Waals surface area contributed by atoms with Crippen LogP contribution in [0.1, 0.15) is 0 Å². The van der Waals surface area contributed by atoms with Crippen molar-refractivity contribution >= 4 is 27.2 Å². The molecule has 5 heteroatoms. The summed E-state index contributed by atoms with van der Waals surface area (Å²) in [6.07, 6.45) is 0. The van der Waals surface area contributed by atoms with Crippen molar-refractivity contribution < 1.29 is 0 Å². The van der Waals surface area contributed by atoms with Crippen molar-refractivity contribution in [1.29, 1.82) is 0 Å². The summed E-state index contributed by atoms with van der Waals surface area (Å²) in [7, 11) is 1.95. The first-order valence-electron chi connectivity index (χ1n) is 8.82. The van der Waals surface area contributed by atoms with Gasteiger partial charge in [0.1, 0.15) is 0 Å². The lowest BCUT2D eigenvalue weighted by atomic mass is 9.88. The van der Waals surface area contributed by atoms with E-state index in [-0.39, 0.29) is 0 Å². The normalized spacial score (nSPS) is 11.1. The SMILES string of the molecule is CNc1ccc2ccccc2c1-c1c(-c2nn[nH]n2)ccc2ccccc12. The standard InChI is InChI=1S/C22H17N5/c1-23-19-13-11-15-7-3-5-9-17(15)21(19)20-16-8-4-2-6-14(16)10-12-18(20)22-24-26-27-25-22/h2-13,23H,1H3,(H,24,25,26,27). The Labute approximate surface area is 156 Å². The van der Waals surface area contributed by atoms with Crippen molar-refractivity contribution in [2.75, 3.05) is 12.4 Å². The van der Waals surface area contributed by atoms with Gasteiger partial charge in [0, 0.05) is 29.4 Å². The molecule has 0 aliphatic rings. The Kier molecular flexibility index (Phi) is 3.57. The monoisotopic (exact) mass is 351 g/mol. The summed E-state index contributed by atoms with van der Waals surface area (Å²) in [5.41, 5.74) is 4.27. The zero-order valence-corrected chi connectivity index (χ0v) is 14.8. The fraction of sp³-hybridized carbons (Fsp3) is 0.0455. The van der Waals surface area contributed by atoms with Gasteiger partial charge in [0.25, 0.3) is 0 Å². The van der Waals surface area contributed by atoms with Crippen LogP contribution in [0.15, 0.2) is 72.8 Å². The van der Waals surface area contributed by atoms with E-state index in [1.807, 2.05) is 7.05 Å². The van der Waals surface area contributed by atoms with E-state index in [2.05, 4.69) is 98.7 Å². The molecule has 130 valence electrons. The maximum Gasteiger partial charge on any atom is 0.205 e. The molecule has 0 spiro atoms. The lowest BCUT2D eigenvalue weighted by Crippen LogP contribution is -1.96. The fourth-order valence-electron chi connectivity index (χ4n) is 3.75. The van der Waals surface area contributed by atoms with Gasteiger partial charge in [-0.05, 0) is 38.9 Å². The predicted molar refractivity (Wildman–Crippen MR) is 110 cm³/mol. The molecule has 0 aliphatic carbocycles. The first kappa shape index (κ1) is 15.5. The topological polar surface area (TPSA) is 66.5 Å². The third kappa shape index (κ3) is 2.44. The minimum Gasteiger partial charge on any atom is -0.388 e. The maximum atomic E-state index is 4.25. The molecule has 0 saturated heterocycles. The summed E-state index contributed by atoms with van der Waals surface area (Å²) in [6, 6.07) is 25.3. The number of anilines is 1. The molecule has 0 atom stereocenters. The summed E-state index contributed by atoms with van der Waals surface area (Å²) in [4.78, 5) is 0. The molecule has 0 unspecified atom stereocenters. The number of aromatic amines is 1. The first-order valence-corrected chi connectivity index (χ1v) is 8.82. The van der Waals surface area contributed by atoms with E-state index in [0.717, 1.165) is 27.8 Å². The van der Waals surface area contributed by atoms with E-state index in [0.29, 0.717) is 5.82 Å². The quantitative estimate of drug-likeness (QED) is 0.486. The molecule has 5 nitrogen and oxygen atoms in total. The van der Waals surface area contributed by atoms with Crippen molar-refractivity contribution in [3.05, 3.63) is 72.8 Å². The Balaban J connectivity index is 1.99. The van der Waals surface area contributed by atoms with Crippen LogP contribution >= 0.6 is 0 Å². The van der Waals surface area contributed by atoms with Crippen LogP contribution in [0.25, 0.3) is 44.1 Å². The number of aromatic nitrogens is 4. The summed E-state index contributed by atoms with van der Waals surface area (Å²) in [5, 5.41) is 22.9. The van der Waals surface area contributed by atoms with Gasteiger partial charge < -0.3 is 5.32 Å². The van der Waals surface area contributed by atoms with Crippen molar-refractivity contribution in [2.24, 2.45) is 0 Å². The van der Waals surface area contributed by atoms with Crippen LogP contribution in [0.2, 0.25) is 0 Å². The summed E-state index contributed by atoms with van der Waals surface area (Å²) in [6.45, 7) is 0. The number of hydrogen-bond donors (Lipinski definition) is 2. The van der Waals surface area contributed by atoms with E-state index >= 15 is 0 Å². The van der Waals surface area contributed by atoms with Gasteiger partial charge in [-0.1, -0.05) is 60.7 Å². The minimum absolute atomic E-state index is 0.589. The van der Waals surface area contributed by atoms with Crippen LogP contribution in [0.3, 0.4) is 0 Å². The Bertz CT molecular complexity index is 1260. The van der Waals surface area contributed by atoms with Crippen LogP contribution < -0.4 is 5.32 Å². The Morgan fingerprint density at radius 3 is 2.07 bits per heavy atom. The molecular formula is C22H17N5. The van der Waals surface area contributed by atoms with Crippen molar-refractivity contribution in [1.82, 2.24) is 20.6 Å². The van der Waals surface area contributed by atoms with Gasteiger partial charge in [0.05, 0.1) is 0 Å². The second kappa shape index (κ2) is 6.21. The first-order chi connectivity index (χ1) is 13.4. The molecule has 27 heavy (non-hydrogen) atoms. The van der Waals surface area contributed by atoms with Crippen LogP contribution in [0, 0.1) is 0 Å². The van der Waals surface area contributed by atoms with Gasteiger partial charge in [-0.3, -0.25) is 0 Å². The fourth-order valence-corrected chi connectivity index (χ4v) is 3.75. The highest BCUT2D eigenvalue weighted by atomic mass is 15.5. The van der Waals surface area contributed by atoms with Crippen LogP contribution in [0.5, 0.6) is 0 Å². The van der Waals surface area contributed by atoms with Gasteiger partial charge in [-0.25, -0.2) is 0 Å². The largest absolute Gasteiger partial charge is 0.388 e. The predicted octanol–water partition coefficient (Wildman–Crippen LogP) is 4.88. The van der Waals surface area contributed by atoms with Crippen LogP contribution in [0.4, 0.5) is 5.69 Å². The van der Waals surface area contributed by atoms with Crippen LogP contribution in [-0.4, -0.2) is 27.7 Å². The molecule has 0 amide bonds. The number of rotatable bonds is 3. The summed E-state index contributed by atoms with van der Waals surface area (Å²) in [5.74, 6) is 0.589. The zero-order chi connectivity index (χ0) is 18.2. The Hall–Kier alpha value is -3.73. The average molecular weight is 351 g/mol. The summed E-state index contributed by atoms with van der Waals surface area (Å²) < 4.78 is 0. The average Bonchev–Trinajstić information content (AvgIpc) is 3.27. The second-order valence-corrected chi connectivity index (χ2v) is 6.40. The molecule has 4 aromatic carbocycles. The Morgan fingerprint density at radius 1 is 0.741 bits per heavy atom. The molecule has 1 aromatic heterocycles. The third-order valence-electron chi connectivity index (χ3n) is 4.96. The smallest absolute Gasteiger partial charge is 0.205 e. The van der Waals surface area contributed by atoms with Gasteiger partial charge >= 0.3 is 0 Å². The molecule has 0 aliphatic heterocycles. The minimum atomic E-state index is 0.589. The highest BCUT2D eigenvalue weighted by molar-refractivity contribution is 6.13. The summed E-state index contributed by atoms with van der Waals surface area (Å²) >= 11 is 0. The van der Waals surface area contributed by atoms with Crippen molar-refractivity contribution in [3.63, 3.8) is 0 Å². The molecule has 0 bridgehead atoms. The molecule has 5 rings (SSSR count). The second-order valence-electron chi connectivity index (χ2n) is 6.40. The molecular weight excluding hydrogens is 334 g/mol. The van der Waals surface area contributed by atoms with E-state index in [1.54, 1.807) is 0 Å². The molecule has 0 saturated carbocycles. The van der Waals surface area contributed by atoms with E-state index in [1.165, 1.54) is 16.2 Å². The number of tetrazole rings is 1. The molecule has 0 radical (unpaired) electrons. The lowest BCUT2D eigenvalue weighted by molar-refractivity contribution is 0.881. The van der Waals surface area contributed by atoms with Gasteiger partial charge in [0.2, 0.25) is 5.82 Å². The molecule has 5 aromatic rings. The number of fused-ring (bicyclic) bond motifs is 2. The Morgan fingerprint density at radius 2 is 1.41 bits per heavy atom. The zero-order valence-electron chi connectivity index (χ0n) is 14.8. The highest BCUT2D eigenvalue weighted by Crippen LogP contribution is 2.43. The number of hydrogen-bond acceptors (Lipinski definition) is 4. The van der Waals surface area contributed by atoms with Gasteiger partial charge in [0.15, 0.2) is 0 Å². The highest BCUT2D eigenvalue weighted by Gasteiger charge is 2.19. The maximum absolute atomic E-state index is 4.25. The molecule has 0 fully saturated rings. The van der Waals surface area contributed by atoms with E-state index < -0.39 is 0 Å². The van der Waals surface area contributed by atoms with Crippen LogP contribution in [-0.2, 0) is 0 Å². The van der Waals surface area contributed by atoms with Gasteiger partial charge in [-0.15, -0.1) is 10.2 Å². The van der Waals surface area contributed by atoms with E-state index in [4.69, 9.17) is 0 Å². The number of nitrogens with zero attached hydrogens (tertiary/aromatic N) is 3. The van der Waals surface area contributed by atoms with E-state index in [9.17, 15) is 0 Å². The third-order valence-corrected chi connectivity index (χ3v) is 4.96.